The van der Waals surface area contributed by atoms with E-state index in [1.165, 1.54) is 14.7 Å². The highest BCUT2D eigenvalue weighted by atomic mass is 127. The van der Waals surface area contributed by atoms with Crippen LogP contribution in [0.5, 0.6) is 5.75 Å². The summed E-state index contributed by atoms with van der Waals surface area (Å²) in [5.41, 5.74) is 2.48. The predicted molar refractivity (Wildman–Crippen MR) is 96.5 cm³/mol. The molecule has 0 aromatic heterocycles. The largest absolute Gasteiger partial charge is 0.489 e. The van der Waals surface area contributed by atoms with E-state index in [1.807, 2.05) is 12.1 Å². The number of rotatable bonds is 5. The van der Waals surface area contributed by atoms with Crippen molar-refractivity contribution in [1.29, 1.82) is 0 Å². The summed E-state index contributed by atoms with van der Waals surface area (Å²) >= 11 is 2.31. The number of hydrogen-bond acceptors (Lipinski definition) is 2. The molecule has 2 nitrogen and oxygen atoms in total. The molecule has 0 aliphatic heterocycles. The van der Waals surface area contributed by atoms with E-state index < -0.39 is 0 Å². The number of ether oxygens (including phenoxy) is 1. The number of nitrogens with one attached hydrogen (secondary N) is 1. The van der Waals surface area contributed by atoms with Gasteiger partial charge in [0.1, 0.15) is 12.4 Å². The molecule has 0 aliphatic rings. The Labute approximate surface area is 141 Å². The molecule has 0 heterocycles. The molecule has 0 bridgehead atoms. The summed E-state index contributed by atoms with van der Waals surface area (Å²) in [6.45, 7) is 7.92. The Morgan fingerprint density at radius 2 is 1.67 bits per heavy atom. The first-order valence-corrected chi connectivity index (χ1v) is 8.22. The lowest BCUT2D eigenvalue weighted by atomic mass is 10.1. The molecule has 1 N–H and O–H groups in total. The van der Waals surface area contributed by atoms with E-state index in [-0.39, 0.29) is 5.54 Å². The van der Waals surface area contributed by atoms with Crippen LogP contribution in [0.15, 0.2) is 48.5 Å². The van der Waals surface area contributed by atoms with Crippen molar-refractivity contribution in [2.45, 2.75) is 39.5 Å². The Bertz CT molecular complexity index is 573. The third kappa shape index (κ3) is 5.67. The van der Waals surface area contributed by atoms with E-state index in [9.17, 15) is 0 Å². The number of para-hydroxylation sites is 1. The molecule has 3 heteroatoms. The second kappa shape index (κ2) is 7.27. The minimum absolute atomic E-state index is 0.100. The zero-order chi connectivity index (χ0) is 15.3. The highest BCUT2D eigenvalue weighted by Crippen LogP contribution is 2.20. The van der Waals surface area contributed by atoms with Crippen molar-refractivity contribution in [3.05, 3.63) is 63.2 Å². The molecule has 0 saturated carbocycles. The summed E-state index contributed by atoms with van der Waals surface area (Å²) in [4.78, 5) is 0. The highest BCUT2D eigenvalue weighted by molar-refractivity contribution is 14.1. The van der Waals surface area contributed by atoms with Gasteiger partial charge in [-0.2, -0.15) is 0 Å². The van der Waals surface area contributed by atoms with Crippen molar-refractivity contribution in [1.82, 2.24) is 5.32 Å². The molecule has 21 heavy (non-hydrogen) atoms. The first-order chi connectivity index (χ1) is 9.94. The molecule has 0 atom stereocenters. The SMILES string of the molecule is CC(C)(C)NCc1ccccc1OCc1ccc(I)cc1. The fourth-order valence-electron chi connectivity index (χ4n) is 1.89. The summed E-state index contributed by atoms with van der Waals surface area (Å²) < 4.78 is 7.23. The summed E-state index contributed by atoms with van der Waals surface area (Å²) in [5.74, 6) is 0.952. The van der Waals surface area contributed by atoms with Crippen molar-refractivity contribution >= 4 is 22.6 Å². The van der Waals surface area contributed by atoms with Gasteiger partial charge < -0.3 is 10.1 Å². The van der Waals surface area contributed by atoms with Crippen LogP contribution in [-0.2, 0) is 13.2 Å². The molecule has 0 saturated heterocycles. The maximum Gasteiger partial charge on any atom is 0.124 e. The molecular weight excluding hydrogens is 373 g/mol. The van der Waals surface area contributed by atoms with Gasteiger partial charge in [0, 0.05) is 21.2 Å². The Kier molecular flexibility index (Phi) is 5.65. The minimum atomic E-state index is 0.100. The summed E-state index contributed by atoms with van der Waals surface area (Å²) in [5, 5.41) is 3.50. The molecule has 0 amide bonds. The van der Waals surface area contributed by atoms with Crippen molar-refractivity contribution in [3.8, 4) is 5.75 Å². The molecule has 0 unspecified atom stereocenters. The monoisotopic (exact) mass is 395 g/mol. The van der Waals surface area contributed by atoms with Crippen LogP contribution in [-0.4, -0.2) is 5.54 Å². The molecule has 0 aliphatic carbocycles. The van der Waals surface area contributed by atoms with Crippen molar-refractivity contribution in [2.75, 3.05) is 0 Å². The van der Waals surface area contributed by atoms with E-state index >= 15 is 0 Å². The van der Waals surface area contributed by atoms with Gasteiger partial charge in [-0.15, -0.1) is 0 Å². The van der Waals surface area contributed by atoms with Crippen LogP contribution < -0.4 is 10.1 Å². The second-order valence-corrected chi connectivity index (χ2v) is 7.37. The van der Waals surface area contributed by atoms with Crippen molar-refractivity contribution < 1.29 is 4.74 Å². The topological polar surface area (TPSA) is 21.3 Å². The van der Waals surface area contributed by atoms with Crippen LogP contribution in [0.1, 0.15) is 31.9 Å². The molecular formula is C18H22INO. The van der Waals surface area contributed by atoms with Crippen LogP contribution in [0.4, 0.5) is 0 Å². The lowest BCUT2D eigenvalue weighted by Crippen LogP contribution is -2.35. The normalized spacial score (nSPS) is 11.4. The van der Waals surface area contributed by atoms with Gasteiger partial charge in [-0.3, -0.25) is 0 Å². The third-order valence-corrected chi connectivity index (χ3v) is 3.81. The van der Waals surface area contributed by atoms with Gasteiger partial charge in [-0.25, -0.2) is 0 Å². The summed E-state index contributed by atoms with van der Waals surface area (Å²) in [6.07, 6.45) is 0. The average Bonchev–Trinajstić information content (AvgIpc) is 2.44. The van der Waals surface area contributed by atoms with Gasteiger partial charge in [-0.05, 0) is 67.1 Å². The smallest absolute Gasteiger partial charge is 0.124 e. The maximum atomic E-state index is 5.99. The van der Waals surface area contributed by atoms with Gasteiger partial charge in [0.15, 0.2) is 0 Å². The molecule has 2 rings (SSSR count). The number of benzene rings is 2. The first-order valence-electron chi connectivity index (χ1n) is 7.14. The van der Waals surface area contributed by atoms with Gasteiger partial charge in [0.2, 0.25) is 0 Å². The van der Waals surface area contributed by atoms with E-state index in [2.05, 4.69) is 85.1 Å². The van der Waals surface area contributed by atoms with Crippen molar-refractivity contribution in [3.63, 3.8) is 0 Å². The van der Waals surface area contributed by atoms with Crippen molar-refractivity contribution in [2.24, 2.45) is 0 Å². The summed E-state index contributed by atoms with van der Waals surface area (Å²) in [7, 11) is 0. The lowest BCUT2D eigenvalue weighted by molar-refractivity contribution is 0.300. The zero-order valence-electron chi connectivity index (χ0n) is 12.8. The minimum Gasteiger partial charge on any atom is -0.489 e. The quantitative estimate of drug-likeness (QED) is 0.738. The molecule has 0 spiro atoms. The highest BCUT2D eigenvalue weighted by Gasteiger charge is 2.10. The van der Waals surface area contributed by atoms with E-state index in [0.717, 1.165) is 12.3 Å². The van der Waals surface area contributed by atoms with E-state index in [1.54, 1.807) is 0 Å². The van der Waals surface area contributed by atoms with Crippen LogP contribution in [0.2, 0.25) is 0 Å². The van der Waals surface area contributed by atoms with E-state index in [0.29, 0.717) is 6.61 Å². The van der Waals surface area contributed by atoms with Gasteiger partial charge >= 0.3 is 0 Å². The fourth-order valence-corrected chi connectivity index (χ4v) is 2.25. The molecule has 0 fully saturated rings. The van der Waals surface area contributed by atoms with Gasteiger partial charge in [0.25, 0.3) is 0 Å². The number of hydrogen-bond donors (Lipinski definition) is 1. The van der Waals surface area contributed by atoms with Crippen LogP contribution in [0.3, 0.4) is 0 Å². The van der Waals surface area contributed by atoms with Gasteiger partial charge in [-0.1, -0.05) is 30.3 Å². The van der Waals surface area contributed by atoms with E-state index in [4.69, 9.17) is 4.74 Å². The lowest BCUT2D eigenvalue weighted by Gasteiger charge is -2.21. The molecule has 0 radical (unpaired) electrons. The Balaban J connectivity index is 2.01. The second-order valence-electron chi connectivity index (χ2n) is 6.13. The zero-order valence-corrected chi connectivity index (χ0v) is 15.0. The number of halogens is 1. The summed E-state index contributed by atoms with van der Waals surface area (Å²) in [6, 6.07) is 16.6. The first kappa shape index (κ1) is 16.3. The Hall–Kier alpha value is -1.07. The molecule has 2 aromatic rings. The predicted octanol–water partition coefficient (Wildman–Crippen LogP) is 4.76. The Morgan fingerprint density at radius 3 is 2.33 bits per heavy atom. The van der Waals surface area contributed by atoms with Crippen LogP contribution in [0.25, 0.3) is 0 Å². The maximum absolute atomic E-state index is 5.99. The van der Waals surface area contributed by atoms with Crippen LogP contribution >= 0.6 is 22.6 Å². The third-order valence-electron chi connectivity index (χ3n) is 3.09. The molecule has 112 valence electrons. The average molecular weight is 395 g/mol. The fraction of sp³-hybridized carbons (Fsp3) is 0.333. The van der Waals surface area contributed by atoms with Crippen LogP contribution in [0, 0.1) is 3.57 Å². The van der Waals surface area contributed by atoms with Gasteiger partial charge in [0.05, 0.1) is 0 Å². The standard InChI is InChI=1S/C18H22INO/c1-18(2,3)20-12-15-6-4-5-7-17(15)21-13-14-8-10-16(19)11-9-14/h4-11,20H,12-13H2,1-3H3. The Morgan fingerprint density at radius 1 is 1.00 bits per heavy atom. The molecule has 2 aromatic carbocycles.